The van der Waals surface area contributed by atoms with Gasteiger partial charge in [0.15, 0.2) is 0 Å². The summed E-state index contributed by atoms with van der Waals surface area (Å²) >= 11 is 0. The topological polar surface area (TPSA) is 49.8 Å². The van der Waals surface area contributed by atoms with Crippen LogP contribution in [0.25, 0.3) is 0 Å². The minimum absolute atomic E-state index is 0.0847. The van der Waals surface area contributed by atoms with E-state index in [1.807, 2.05) is 13.0 Å². The summed E-state index contributed by atoms with van der Waals surface area (Å²) in [5, 5.41) is 3.24. The van der Waals surface area contributed by atoms with Crippen LogP contribution in [0.4, 0.5) is 5.82 Å². The number of nitrogens with one attached hydrogen (secondary N) is 1. The van der Waals surface area contributed by atoms with E-state index in [2.05, 4.69) is 33.2 Å². The Morgan fingerprint density at radius 3 is 2.76 bits per heavy atom. The number of aromatic nitrogens is 1. The number of amidine groups is 1. The number of pyridine rings is 1. The third-order valence-corrected chi connectivity index (χ3v) is 5.20. The average Bonchev–Trinajstić information content (AvgIpc) is 2.87. The molecule has 1 aromatic rings. The highest BCUT2D eigenvalue weighted by molar-refractivity contribution is 5.89. The van der Waals surface area contributed by atoms with E-state index in [1.54, 1.807) is 0 Å². The normalized spacial score (nSPS) is 33.9. The molecule has 3 saturated heterocycles. The molecule has 5 rings (SSSR count). The third kappa shape index (κ3) is 2.20. The van der Waals surface area contributed by atoms with Crippen LogP contribution < -0.4 is 5.32 Å². The van der Waals surface area contributed by atoms with E-state index in [0.29, 0.717) is 11.9 Å². The van der Waals surface area contributed by atoms with Crippen molar-refractivity contribution < 1.29 is 4.74 Å². The first-order chi connectivity index (χ1) is 10.1. The second-order valence-corrected chi connectivity index (χ2v) is 6.56. The van der Waals surface area contributed by atoms with Crippen LogP contribution in [0.1, 0.15) is 24.1 Å². The maximum Gasteiger partial charge on any atom is 0.291 e. The van der Waals surface area contributed by atoms with E-state index < -0.39 is 0 Å². The van der Waals surface area contributed by atoms with Crippen LogP contribution in [-0.4, -0.2) is 47.7 Å². The van der Waals surface area contributed by atoms with Crippen molar-refractivity contribution in [3.8, 4) is 0 Å². The average molecular weight is 286 g/mol. The van der Waals surface area contributed by atoms with E-state index in [1.165, 1.54) is 31.5 Å². The summed E-state index contributed by atoms with van der Waals surface area (Å²) < 4.78 is 6.26. The molecule has 0 amide bonds. The molecule has 112 valence electrons. The van der Waals surface area contributed by atoms with E-state index in [9.17, 15) is 0 Å². The number of piperidine rings is 3. The van der Waals surface area contributed by atoms with Gasteiger partial charge in [-0.2, -0.15) is 0 Å². The lowest BCUT2D eigenvalue weighted by molar-refractivity contribution is -0.0829. The summed E-state index contributed by atoms with van der Waals surface area (Å²) in [4.78, 5) is 11.6. The molecule has 4 aliphatic rings. The van der Waals surface area contributed by atoms with Crippen LogP contribution in [-0.2, 0) is 4.74 Å². The summed E-state index contributed by atoms with van der Waals surface area (Å²) in [6.07, 6.45) is 2.48. The summed E-state index contributed by atoms with van der Waals surface area (Å²) in [5.41, 5.74) is 2.15. The number of aryl methyl sites for hydroxylation is 2. The lowest BCUT2D eigenvalue weighted by Gasteiger charge is -2.50. The van der Waals surface area contributed by atoms with Gasteiger partial charge in [0.25, 0.3) is 6.02 Å². The van der Waals surface area contributed by atoms with Crippen molar-refractivity contribution >= 4 is 11.8 Å². The summed E-state index contributed by atoms with van der Waals surface area (Å²) in [5.74, 6) is 1.47. The van der Waals surface area contributed by atoms with Crippen LogP contribution >= 0.6 is 0 Å². The van der Waals surface area contributed by atoms with Gasteiger partial charge in [-0.3, -0.25) is 10.2 Å². The molecule has 1 spiro atoms. The zero-order valence-corrected chi connectivity index (χ0v) is 12.7. The number of fused-ring (bicyclic) bond motifs is 2. The van der Waals surface area contributed by atoms with Crippen molar-refractivity contribution in [3.63, 3.8) is 0 Å². The number of anilines is 1. The van der Waals surface area contributed by atoms with Crippen LogP contribution in [0.2, 0.25) is 0 Å². The Morgan fingerprint density at radius 2 is 2.10 bits per heavy atom. The molecule has 4 aliphatic heterocycles. The molecule has 0 radical (unpaired) electrons. The Balaban J connectivity index is 1.47. The van der Waals surface area contributed by atoms with Crippen molar-refractivity contribution in [3.05, 3.63) is 23.4 Å². The monoisotopic (exact) mass is 286 g/mol. The molecule has 0 saturated carbocycles. The molecule has 1 atom stereocenters. The summed E-state index contributed by atoms with van der Waals surface area (Å²) in [6, 6.07) is 4.69. The number of ether oxygens (including phenoxy) is 1. The van der Waals surface area contributed by atoms with Gasteiger partial charge in [-0.05, 0) is 51.4 Å². The highest BCUT2D eigenvalue weighted by Crippen LogP contribution is 2.40. The van der Waals surface area contributed by atoms with Crippen molar-refractivity contribution in [2.45, 2.75) is 32.3 Å². The second-order valence-electron chi connectivity index (χ2n) is 6.56. The van der Waals surface area contributed by atoms with Crippen LogP contribution in [0, 0.1) is 19.8 Å². The lowest BCUT2D eigenvalue weighted by atomic mass is 9.75. The summed E-state index contributed by atoms with van der Waals surface area (Å²) in [6.45, 7) is 8.33. The maximum atomic E-state index is 6.26. The number of hydrogen-bond acceptors (Lipinski definition) is 5. The molecule has 1 aromatic heterocycles. The Morgan fingerprint density at radius 1 is 1.29 bits per heavy atom. The first-order valence-corrected chi connectivity index (χ1v) is 7.82. The second kappa shape index (κ2) is 4.70. The molecule has 5 nitrogen and oxygen atoms in total. The quantitative estimate of drug-likeness (QED) is 0.857. The Hall–Kier alpha value is -1.62. The largest absolute Gasteiger partial charge is 0.455 e. The summed E-state index contributed by atoms with van der Waals surface area (Å²) in [7, 11) is 0. The van der Waals surface area contributed by atoms with E-state index in [0.717, 1.165) is 24.6 Å². The first kappa shape index (κ1) is 13.1. The van der Waals surface area contributed by atoms with Crippen molar-refractivity contribution in [1.82, 2.24) is 9.88 Å². The number of rotatable bonds is 1. The minimum atomic E-state index is -0.0847. The van der Waals surface area contributed by atoms with E-state index >= 15 is 0 Å². The smallest absolute Gasteiger partial charge is 0.291 e. The fourth-order valence-corrected chi connectivity index (χ4v) is 3.76. The molecular formula is C16H22N4O. The number of nitrogens with zero attached hydrogens (tertiary/aromatic N) is 3. The van der Waals surface area contributed by atoms with Gasteiger partial charge in [-0.15, -0.1) is 0 Å². The minimum Gasteiger partial charge on any atom is -0.455 e. The molecular weight excluding hydrogens is 264 g/mol. The molecule has 0 aliphatic carbocycles. The fourth-order valence-electron chi connectivity index (χ4n) is 3.76. The molecule has 5 heteroatoms. The highest BCUT2D eigenvalue weighted by atomic mass is 16.5. The highest BCUT2D eigenvalue weighted by Gasteiger charge is 2.51. The van der Waals surface area contributed by atoms with Gasteiger partial charge in [-0.1, -0.05) is 6.07 Å². The van der Waals surface area contributed by atoms with Crippen molar-refractivity contribution in [2.24, 2.45) is 10.9 Å². The van der Waals surface area contributed by atoms with Crippen molar-refractivity contribution in [1.29, 1.82) is 0 Å². The fraction of sp³-hybridized carbons (Fsp3) is 0.625. The van der Waals surface area contributed by atoms with E-state index in [-0.39, 0.29) is 5.60 Å². The molecule has 1 N–H and O–H groups in total. The predicted molar refractivity (Wildman–Crippen MR) is 82.6 cm³/mol. The molecule has 0 aromatic carbocycles. The molecule has 2 bridgehead atoms. The van der Waals surface area contributed by atoms with Gasteiger partial charge in [0, 0.05) is 18.2 Å². The van der Waals surface area contributed by atoms with Crippen LogP contribution in [0.15, 0.2) is 17.1 Å². The maximum absolute atomic E-state index is 6.26. The molecule has 5 heterocycles. The Bertz CT molecular complexity index is 592. The SMILES string of the molecule is Cc1ccc(NC2=NC[C@@]3(CN4CCC3CC4)O2)nc1C. The Labute approximate surface area is 125 Å². The van der Waals surface area contributed by atoms with Gasteiger partial charge < -0.3 is 4.74 Å². The van der Waals surface area contributed by atoms with E-state index in [4.69, 9.17) is 4.74 Å². The first-order valence-electron chi connectivity index (χ1n) is 7.82. The van der Waals surface area contributed by atoms with Crippen LogP contribution in [0.5, 0.6) is 0 Å². The lowest BCUT2D eigenvalue weighted by Crippen LogP contribution is -2.61. The Kier molecular flexibility index (Phi) is 2.92. The third-order valence-electron chi connectivity index (χ3n) is 5.20. The van der Waals surface area contributed by atoms with Crippen molar-refractivity contribution in [2.75, 3.05) is 31.5 Å². The zero-order valence-electron chi connectivity index (χ0n) is 12.7. The van der Waals surface area contributed by atoms with Crippen LogP contribution in [0.3, 0.4) is 0 Å². The van der Waals surface area contributed by atoms with Gasteiger partial charge in [0.2, 0.25) is 0 Å². The zero-order chi connectivity index (χ0) is 14.4. The predicted octanol–water partition coefficient (Wildman–Crippen LogP) is 1.96. The molecule has 3 fully saturated rings. The van der Waals surface area contributed by atoms with Gasteiger partial charge in [-0.25, -0.2) is 9.98 Å². The van der Waals surface area contributed by atoms with Gasteiger partial charge in [0.1, 0.15) is 11.4 Å². The number of aliphatic imine (C=N–C) groups is 1. The molecule has 0 unspecified atom stereocenters. The van der Waals surface area contributed by atoms with Gasteiger partial charge in [0.05, 0.1) is 6.54 Å². The van der Waals surface area contributed by atoms with Gasteiger partial charge >= 0.3 is 0 Å². The standard InChI is InChI=1S/C16H22N4O/c1-11-3-4-14(18-12(11)2)19-15-17-9-16(21-15)10-20-7-5-13(16)6-8-20/h3-4,13H,5-10H2,1-2H3,(H,17,18,19)/t16-/m0/s1. The number of hydrogen-bond donors (Lipinski definition) is 1. The molecule has 21 heavy (non-hydrogen) atoms.